The van der Waals surface area contributed by atoms with Crippen LogP contribution in [0.1, 0.15) is 25.5 Å². The van der Waals surface area contributed by atoms with Gasteiger partial charge in [-0.3, -0.25) is 0 Å². The van der Waals surface area contributed by atoms with Crippen molar-refractivity contribution in [3.8, 4) is 5.75 Å². The van der Waals surface area contributed by atoms with Gasteiger partial charge >= 0.3 is 0 Å². The number of ether oxygens (including phenoxy) is 1. The lowest BCUT2D eigenvalue weighted by Crippen LogP contribution is -2.34. The molecule has 3 rings (SSSR count). The molecule has 1 heterocycles. The van der Waals surface area contributed by atoms with Crippen LogP contribution >= 0.6 is 34.8 Å². The van der Waals surface area contributed by atoms with Gasteiger partial charge in [-0.05, 0) is 32.0 Å². The summed E-state index contributed by atoms with van der Waals surface area (Å²) in [6, 6.07) is 11.3. The average molecular weight is 343 g/mol. The normalized spacial score (nSPS) is 19.0. The van der Waals surface area contributed by atoms with Crippen molar-refractivity contribution in [2.75, 3.05) is 5.32 Å². The summed E-state index contributed by atoms with van der Waals surface area (Å²) in [4.78, 5) is 0. The zero-order valence-electron chi connectivity index (χ0n) is 11.6. The van der Waals surface area contributed by atoms with Crippen LogP contribution in [-0.2, 0) is 0 Å². The lowest BCUT2D eigenvalue weighted by molar-refractivity contribution is 0.118. The molecule has 1 aliphatic heterocycles. The smallest absolute Gasteiger partial charge is 0.128 e. The van der Waals surface area contributed by atoms with Gasteiger partial charge < -0.3 is 10.1 Å². The summed E-state index contributed by atoms with van der Waals surface area (Å²) >= 11 is 18.3. The van der Waals surface area contributed by atoms with Crippen LogP contribution in [0.15, 0.2) is 36.4 Å². The molecule has 2 aromatic rings. The molecule has 0 amide bonds. The number of fused-ring (bicyclic) bond motifs is 1. The Hall–Kier alpha value is -1.09. The van der Waals surface area contributed by atoms with E-state index in [0.717, 1.165) is 17.0 Å². The predicted molar refractivity (Wildman–Crippen MR) is 89.0 cm³/mol. The maximum atomic E-state index is 6.25. The molecule has 0 saturated carbocycles. The highest BCUT2D eigenvalue weighted by Gasteiger charge is 2.41. The minimum Gasteiger partial charge on any atom is -0.485 e. The molecule has 1 atom stereocenters. The number of para-hydroxylation sites is 1. The van der Waals surface area contributed by atoms with Gasteiger partial charge in [0.25, 0.3) is 0 Å². The fourth-order valence-corrected chi connectivity index (χ4v) is 3.17. The molecule has 0 radical (unpaired) electrons. The Morgan fingerprint density at radius 1 is 1.00 bits per heavy atom. The van der Waals surface area contributed by atoms with E-state index < -0.39 is 0 Å². The second-order valence-electron chi connectivity index (χ2n) is 5.57. The first-order chi connectivity index (χ1) is 9.88. The summed E-state index contributed by atoms with van der Waals surface area (Å²) in [6.45, 7) is 4.08. The van der Waals surface area contributed by atoms with Crippen LogP contribution in [0.5, 0.6) is 5.75 Å². The summed E-state index contributed by atoms with van der Waals surface area (Å²) in [7, 11) is 0. The first-order valence-electron chi connectivity index (χ1n) is 6.57. The first kappa shape index (κ1) is 14.8. The Morgan fingerprint density at radius 2 is 1.67 bits per heavy atom. The number of nitrogens with one attached hydrogen (secondary N) is 1. The molecule has 0 bridgehead atoms. The van der Waals surface area contributed by atoms with E-state index >= 15 is 0 Å². The summed E-state index contributed by atoms with van der Waals surface area (Å²) in [5.41, 5.74) is 1.45. The van der Waals surface area contributed by atoms with Crippen molar-refractivity contribution in [1.29, 1.82) is 0 Å². The van der Waals surface area contributed by atoms with E-state index in [9.17, 15) is 0 Å². The Labute approximate surface area is 139 Å². The molecular weight excluding hydrogens is 329 g/mol. The molecule has 1 unspecified atom stereocenters. The van der Waals surface area contributed by atoms with Gasteiger partial charge in [-0.1, -0.05) is 53.0 Å². The number of rotatable bonds is 2. The molecular formula is C16H14Cl3NO. The Bertz CT molecular complexity index is 700. The van der Waals surface area contributed by atoms with Crippen LogP contribution in [0.4, 0.5) is 5.69 Å². The molecule has 110 valence electrons. The quantitative estimate of drug-likeness (QED) is 0.679. The van der Waals surface area contributed by atoms with Gasteiger partial charge in [-0.2, -0.15) is 0 Å². The van der Waals surface area contributed by atoms with Crippen molar-refractivity contribution in [2.45, 2.75) is 25.5 Å². The van der Waals surface area contributed by atoms with Crippen LogP contribution in [0, 0.1) is 0 Å². The minimum atomic E-state index is -0.390. The van der Waals surface area contributed by atoms with Gasteiger partial charge in [0.05, 0.1) is 26.8 Å². The second-order valence-corrected chi connectivity index (χ2v) is 6.79. The molecule has 5 heteroatoms. The second kappa shape index (κ2) is 5.28. The lowest BCUT2D eigenvalue weighted by atomic mass is 9.94. The van der Waals surface area contributed by atoms with E-state index in [2.05, 4.69) is 5.32 Å². The van der Waals surface area contributed by atoms with Gasteiger partial charge in [-0.15, -0.1) is 0 Å². The van der Waals surface area contributed by atoms with E-state index in [1.54, 1.807) is 12.1 Å². The number of halogens is 3. The van der Waals surface area contributed by atoms with Crippen LogP contribution in [-0.4, -0.2) is 5.60 Å². The third kappa shape index (κ3) is 2.68. The topological polar surface area (TPSA) is 21.3 Å². The molecule has 2 nitrogen and oxygen atoms in total. The molecule has 0 aromatic heterocycles. The highest BCUT2D eigenvalue weighted by molar-refractivity contribution is 6.44. The molecule has 0 saturated heterocycles. The fourth-order valence-electron chi connectivity index (χ4n) is 2.57. The van der Waals surface area contributed by atoms with E-state index in [-0.39, 0.29) is 11.6 Å². The largest absolute Gasteiger partial charge is 0.485 e. The van der Waals surface area contributed by atoms with Gasteiger partial charge in [0, 0.05) is 5.56 Å². The van der Waals surface area contributed by atoms with E-state index in [1.807, 2.05) is 38.1 Å². The molecule has 21 heavy (non-hydrogen) atoms. The van der Waals surface area contributed by atoms with Crippen molar-refractivity contribution in [1.82, 2.24) is 0 Å². The zero-order valence-corrected chi connectivity index (χ0v) is 13.9. The average Bonchev–Trinajstić information content (AvgIpc) is 2.67. The van der Waals surface area contributed by atoms with E-state index in [1.165, 1.54) is 0 Å². The highest BCUT2D eigenvalue weighted by atomic mass is 35.5. The minimum absolute atomic E-state index is 0.0246. The third-order valence-electron chi connectivity index (χ3n) is 3.61. The van der Waals surface area contributed by atoms with Crippen molar-refractivity contribution in [3.63, 3.8) is 0 Å². The molecule has 0 fully saturated rings. The summed E-state index contributed by atoms with van der Waals surface area (Å²) < 4.78 is 6.01. The molecule has 1 aliphatic rings. The Balaban J connectivity index is 1.99. The molecule has 1 N–H and O–H groups in total. The Morgan fingerprint density at radius 3 is 2.43 bits per heavy atom. The third-order valence-corrected chi connectivity index (χ3v) is 4.64. The number of anilines is 1. The number of benzene rings is 2. The van der Waals surface area contributed by atoms with Crippen LogP contribution in [0.2, 0.25) is 15.1 Å². The fraction of sp³-hybridized carbons (Fsp3) is 0.250. The lowest BCUT2D eigenvalue weighted by Gasteiger charge is -2.28. The molecule has 0 aliphatic carbocycles. The number of hydrogen-bond acceptors (Lipinski definition) is 2. The van der Waals surface area contributed by atoms with Gasteiger partial charge in [-0.25, -0.2) is 0 Å². The van der Waals surface area contributed by atoms with Crippen molar-refractivity contribution in [2.24, 2.45) is 0 Å². The van der Waals surface area contributed by atoms with Gasteiger partial charge in [0.2, 0.25) is 0 Å². The maximum absolute atomic E-state index is 6.25. The number of hydrogen-bond donors (Lipinski definition) is 1. The Kier molecular flexibility index (Phi) is 3.73. The van der Waals surface area contributed by atoms with Crippen molar-refractivity contribution in [3.05, 3.63) is 57.0 Å². The summed E-state index contributed by atoms with van der Waals surface area (Å²) in [5, 5.41) is 4.86. The standard InChI is InChI=1S/C16H14Cl3NO/c1-16(2)15(9-5-3-4-6-14(9)21-16)20-13-8-11(18)10(17)7-12(13)19/h3-8,15,20H,1-2H3. The van der Waals surface area contributed by atoms with E-state index in [0.29, 0.717) is 15.1 Å². The van der Waals surface area contributed by atoms with Crippen LogP contribution in [0.3, 0.4) is 0 Å². The summed E-state index contributed by atoms with van der Waals surface area (Å²) in [5.74, 6) is 0.885. The monoisotopic (exact) mass is 341 g/mol. The predicted octanol–water partition coefficient (Wildman–Crippen LogP) is 5.97. The van der Waals surface area contributed by atoms with Crippen molar-refractivity contribution >= 4 is 40.5 Å². The molecule has 2 aromatic carbocycles. The summed E-state index contributed by atoms with van der Waals surface area (Å²) in [6.07, 6.45) is 0. The SMILES string of the molecule is CC1(C)Oc2ccccc2C1Nc1cc(Cl)c(Cl)cc1Cl. The van der Waals surface area contributed by atoms with Crippen LogP contribution in [0.25, 0.3) is 0 Å². The van der Waals surface area contributed by atoms with Gasteiger partial charge in [0.1, 0.15) is 11.4 Å². The van der Waals surface area contributed by atoms with Gasteiger partial charge in [0.15, 0.2) is 0 Å². The molecule has 0 spiro atoms. The van der Waals surface area contributed by atoms with Crippen molar-refractivity contribution < 1.29 is 4.74 Å². The first-order valence-corrected chi connectivity index (χ1v) is 7.71. The zero-order chi connectivity index (χ0) is 15.2. The maximum Gasteiger partial charge on any atom is 0.128 e. The highest BCUT2D eigenvalue weighted by Crippen LogP contribution is 2.45. The van der Waals surface area contributed by atoms with Crippen LogP contribution < -0.4 is 10.1 Å². The van der Waals surface area contributed by atoms with E-state index in [4.69, 9.17) is 39.5 Å².